The van der Waals surface area contributed by atoms with Gasteiger partial charge in [-0.15, -0.1) is 0 Å². The smallest absolute Gasteiger partial charge is 0.264 e. The van der Waals surface area contributed by atoms with Crippen molar-refractivity contribution >= 4 is 35.0 Å². The van der Waals surface area contributed by atoms with E-state index in [4.69, 9.17) is 33.7 Å². The summed E-state index contributed by atoms with van der Waals surface area (Å²) in [5.41, 5.74) is 5.31. The van der Waals surface area contributed by atoms with Gasteiger partial charge < -0.3 is 15.4 Å². The zero-order chi connectivity index (χ0) is 15.6. The lowest BCUT2D eigenvalue weighted by Gasteiger charge is -2.25. The predicted molar refractivity (Wildman–Crippen MR) is 80.5 cm³/mol. The van der Waals surface area contributed by atoms with Gasteiger partial charge in [0, 0.05) is 16.6 Å². The molecule has 1 heterocycles. The molecule has 0 aromatic heterocycles. The lowest BCUT2D eigenvalue weighted by Crippen LogP contribution is -2.48. The molecule has 1 fully saturated rings. The fourth-order valence-electron chi connectivity index (χ4n) is 2.41. The van der Waals surface area contributed by atoms with E-state index in [9.17, 15) is 9.59 Å². The number of ether oxygens (including phenoxy) is 1. The van der Waals surface area contributed by atoms with Gasteiger partial charge in [0.1, 0.15) is 11.8 Å². The first kappa shape index (κ1) is 15.9. The van der Waals surface area contributed by atoms with Crippen LogP contribution in [-0.4, -0.2) is 35.4 Å². The summed E-state index contributed by atoms with van der Waals surface area (Å²) in [7, 11) is 0. The zero-order valence-electron chi connectivity index (χ0n) is 11.5. The minimum absolute atomic E-state index is 0.271. The number of nitrogens with two attached hydrogens (primary N) is 1. The van der Waals surface area contributed by atoms with E-state index < -0.39 is 18.1 Å². The van der Waals surface area contributed by atoms with Gasteiger partial charge in [0.25, 0.3) is 5.91 Å². The summed E-state index contributed by atoms with van der Waals surface area (Å²) in [6.45, 7) is 2.13. The summed E-state index contributed by atoms with van der Waals surface area (Å²) in [4.78, 5) is 25.2. The Bertz CT molecular complexity index is 545. The normalized spacial score (nSPS) is 19.4. The first-order valence-corrected chi connectivity index (χ1v) is 7.36. The van der Waals surface area contributed by atoms with Crippen LogP contribution in [0.2, 0.25) is 10.0 Å². The van der Waals surface area contributed by atoms with Crippen LogP contribution in [0.1, 0.15) is 19.8 Å². The number of halogens is 2. The number of hydrogen-bond acceptors (Lipinski definition) is 3. The van der Waals surface area contributed by atoms with E-state index in [1.54, 1.807) is 25.1 Å². The molecule has 2 rings (SSSR count). The Kier molecular flexibility index (Phi) is 4.96. The molecular weight excluding hydrogens is 315 g/mol. The number of primary amides is 1. The minimum Gasteiger partial charge on any atom is -0.481 e. The lowest BCUT2D eigenvalue weighted by molar-refractivity contribution is -0.142. The monoisotopic (exact) mass is 330 g/mol. The molecule has 1 unspecified atom stereocenters. The molecule has 0 bridgehead atoms. The van der Waals surface area contributed by atoms with Crippen molar-refractivity contribution in [3.8, 4) is 5.75 Å². The third-order valence-corrected chi connectivity index (χ3v) is 3.80. The summed E-state index contributed by atoms with van der Waals surface area (Å²) in [5.74, 6) is -0.352. The van der Waals surface area contributed by atoms with Gasteiger partial charge >= 0.3 is 0 Å². The van der Waals surface area contributed by atoms with E-state index in [1.807, 2.05) is 0 Å². The zero-order valence-corrected chi connectivity index (χ0v) is 13.0. The molecule has 2 atom stereocenters. The van der Waals surface area contributed by atoms with Crippen LogP contribution >= 0.6 is 23.2 Å². The Labute approximate surface area is 132 Å². The van der Waals surface area contributed by atoms with Crippen LogP contribution < -0.4 is 10.5 Å². The van der Waals surface area contributed by atoms with Crippen LogP contribution in [0, 0.1) is 0 Å². The lowest BCUT2D eigenvalue weighted by atomic mass is 10.2. The van der Waals surface area contributed by atoms with Gasteiger partial charge in [0.2, 0.25) is 5.91 Å². The highest BCUT2D eigenvalue weighted by molar-refractivity contribution is 6.34. The molecule has 0 aliphatic carbocycles. The third kappa shape index (κ3) is 3.80. The van der Waals surface area contributed by atoms with E-state index >= 15 is 0 Å². The maximum Gasteiger partial charge on any atom is 0.264 e. The minimum atomic E-state index is -0.750. The van der Waals surface area contributed by atoms with Crippen molar-refractivity contribution < 1.29 is 14.3 Å². The molecule has 2 N–H and O–H groups in total. The fraction of sp³-hybridized carbons (Fsp3) is 0.429. The average Bonchev–Trinajstić information content (AvgIpc) is 2.85. The Morgan fingerprint density at radius 1 is 1.33 bits per heavy atom. The second-order valence-corrected chi connectivity index (χ2v) is 5.83. The summed E-state index contributed by atoms with van der Waals surface area (Å²) in [6.07, 6.45) is 0.603. The Hall–Kier alpha value is -1.46. The Balaban J connectivity index is 2.07. The summed E-state index contributed by atoms with van der Waals surface area (Å²) in [5, 5.41) is 0.849. The summed E-state index contributed by atoms with van der Waals surface area (Å²) in [6, 6.07) is 4.18. The number of benzene rings is 1. The maximum atomic E-state index is 12.4. The van der Waals surface area contributed by atoms with Gasteiger partial charge in [0.15, 0.2) is 6.10 Å². The second kappa shape index (κ2) is 6.54. The maximum absolute atomic E-state index is 12.4. The number of likely N-dealkylation sites (tertiary alicyclic amines) is 1. The van der Waals surface area contributed by atoms with Gasteiger partial charge in [-0.3, -0.25) is 9.59 Å². The molecule has 2 amide bonds. The van der Waals surface area contributed by atoms with Crippen molar-refractivity contribution in [2.75, 3.05) is 6.54 Å². The first-order chi connectivity index (χ1) is 9.88. The van der Waals surface area contributed by atoms with Gasteiger partial charge in [0.05, 0.1) is 0 Å². The quantitative estimate of drug-likeness (QED) is 0.920. The van der Waals surface area contributed by atoms with Crippen molar-refractivity contribution in [1.82, 2.24) is 4.90 Å². The largest absolute Gasteiger partial charge is 0.481 e. The number of hydrogen-bond donors (Lipinski definition) is 1. The van der Waals surface area contributed by atoms with E-state index in [-0.39, 0.29) is 5.91 Å². The molecule has 1 aromatic carbocycles. The number of rotatable bonds is 4. The van der Waals surface area contributed by atoms with Crippen LogP contribution in [-0.2, 0) is 9.59 Å². The molecule has 5 nitrogen and oxygen atoms in total. The van der Waals surface area contributed by atoms with Gasteiger partial charge in [-0.2, -0.15) is 0 Å². The highest BCUT2D eigenvalue weighted by atomic mass is 35.5. The molecule has 1 aliphatic rings. The van der Waals surface area contributed by atoms with Crippen LogP contribution in [0.15, 0.2) is 18.2 Å². The second-order valence-electron chi connectivity index (χ2n) is 4.96. The topological polar surface area (TPSA) is 72.6 Å². The molecule has 0 saturated carbocycles. The van der Waals surface area contributed by atoms with Crippen LogP contribution in [0.4, 0.5) is 0 Å². The SMILES string of the molecule is CC(Oc1cc(Cl)cc(Cl)c1)C(=O)N1CCC[C@H]1C(N)=O. The molecule has 7 heteroatoms. The molecule has 0 spiro atoms. The number of amides is 2. The van der Waals surface area contributed by atoms with Crippen LogP contribution in [0.25, 0.3) is 0 Å². The van der Waals surface area contributed by atoms with E-state index in [0.717, 1.165) is 6.42 Å². The number of carbonyl (C=O) groups is 2. The first-order valence-electron chi connectivity index (χ1n) is 6.61. The van der Waals surface area contributed by atoms with Gasteiger partial charge in [-0.05, 0) is 38.0 Å². The van der Waals surface area contributed by atoms with Crippen molar-refractivity contribution in [3.05, 3.63) is 28.2 Å². The molecule has 114 valence electrons. The highest BCUT2D eigenvalue weighted by Crippen LogP contribution is 2.26. The fourth-order valence-corrected chi connectivity index (χ4v) is 2.92. The molecule has 21 heavy (non-hydrogen) atoms. The summed E-state index contributed by atoms with van der Waals surface area (Å²) >= 11 is 11.8. The highest BCUT2D eigenvalue weighted by Gasteiger charge is 2.35. The van der Waals surface area contributed by atoms with Crippen LogP contribution in [0.3, 0.4) is 0 Å². The van der Waals surface area contributed by atoms with Gasteiger partial charge in [-0.25, -0.2) is 0 Å². The van der Waals surface area contributed by atoms with Crippen molar-refractivity contribution in [3.63, 3.8) is 0 Å². The van der Waals surface area contributed by atoms with Crippen molar-refractivity contribution in [2.24, 2.45) is 5.73 Å². The molecule has 1 saturated heterocycles. The van der Waals surface area contributed by atoms with E-state index in [1.165, 1.54) is 4.90 Å². The Morgan fingerprint density at radius 2 is 1.95 bits per heavy atom. The predicted octanol–water partition coefficient (Wildman–Crippen LogP) is 2.24. The summed E-state index contributed by atoms with van der Waals surface area (Å²) < 4.78 is 5.57. The third-order valence-electron chi connectivity index (χ3n) is 3.36. The standard InChI is InChI=1S/C14H16Cl2N2O3/c1-8(21-11-6-9(15)5-10(16)7-11)14(20)18-4-2-3-12(18)13(17)19/h5-8,12H,2-4H2,1H3,(H2,17,19)/t8?,12-/m0/s1. The molecular formula is C14H16Cl2N2O3. The van der Waals surface area contributed by atoms with Crippen molar-refractivity contribution in [2.45, 2.75) is 31.9 Å². The Morgan fingerprint density at radius 3 is 2.52 bits per heavy atom. The average molecular weight is 331 g/mol. The van der Waals surface area contributed by atoms with Crippen LogP contribution in [0.5, 0.6) is 5.75 Å². The van der Waals surface area contributed by atoms with E-state index in [2.05, 4.69) is 0 Å². The van der Waals surface area contributed by atoms with E-state index in [0.29, 0.717) is 28.8 Å². The van der Waals surface area contributed by atoms with Gasteiger partial charge in [-0.1, -0.05) is 23.2 Å². The number of nitrogens with zero attached hydrogens (tertiary/aromatic N) is 1. The number of carbonyl (C=O) groups excluding carboxylic acids is 2. The molecule has 1 aromatic rings. The molecule has 1 aliphatic heterocycles. The van der Waals surface area contributed by atoms with Crippen molar-refractivity contribution in [1.29, 1.82) is 0 Å². The molecule has 0 radical (unpaired) electrons.